The van der Waals surface area contributed by atoms with Crippen LogP contribution in [0.3, 0.4) is 0 Å². The summed E-state index contributed by atoms with van der Waals surface area (Å²) in [6, 6.07) is 16.4. The third-order valence-corrected chi connectivity index (χ3v) is 5.23. The normalized spacial score (nSPS) is 15.6. The maximum Gasteiger partial charge on any atom is 0.269 e. The summed E-state index contributed by atoms with van der Waals surface area (Å²) >= 11 is 0. The number of hydrogen-bond acceptors (Lipinski definition) is 4. The summed E-state index contributed by atoms with van der Waals surface area (Å²) in [5.41, 5.74) is 6.30. The molecule has 164 valence electrons. The zero-order valence-electron chi connectivity index (χ0n) is 17.8. The van der Waals surface area contributed by atoms with Gasteiger partial charge in [0.15, 0.2) is 0 Å². The monoisotopic (exact) mass is 423 g/mol. The van der Waals surface area contributed by atoms with Crippen LogP contribution in [0, 0.1) is 5.92 Å². The molecule has 7 heteroatoms. The Kier molecular flexibility index (Phi) is 8.04. The quantitative estimate of drug-likeness (QED) is 0.479. The fourth-order valence-electron chi connectivity index (χ4n) is 3.44. The highest BCUT2D eigenvalue weighted by Gasteiger charge is 2.34. The lowest BCUT2D eigenvalue weighted by atomic mass is 10.1. The molecule has 1 aliphatic heterocycles. The summed E-state index contributed by atoms with van der Waals surface area (Å²) in [6.45, 7) is 3.59. The van der Waals surface area contributed by atoms with Gasteiger partial charge in [-0.2, -0.15) is 0 Å². The zero-order valence-corrected chi connectivity index (χ0v) is 17.8. The van der Waals surface area contributed by atoms with Gasteiger partial charge in [-0.3, -0.25) is 25.2 Å². The molecule has 0 saturated carbocycles. The number of nitrogens with one attached hydrogen (secondary N) is 2. The fourth-order valence-corrected chi connectivity index (χ4v) is 3.44. The number of likely N-dealkylation sites (tertiary alicyclic amines) is 1. The molecule has 31 heavy (non-hydrogen) atoms. The van der Waals surface area contributed by atoms with Crippen LogP contribution in [0.15, 0.2) is 54.6 Å². The smallest absolute Gasteiger partial charge is 0.269 e. The van der Waals surface area contributed by atoms with E-state index in [1.807, 2.05) is 30.3 Å². The SMILES string of the molecule is CCCCCOc1ccc(C(=O)NNC(=O)C2CC(=O)N(Cc3ccccc3)C2)cc1. The van der Waals surface area contributed by atoms with Crippen LogP contribution < -0.4 is 15.6 Å². The first-order valence-electron chi connectivity index (χ1n) is 10.7. The topological polar surface area (TPSA) is 87.7 Å². The molecule has 0 radical (unpaired) electrons. The second kappa shape index (κ2) is 11.2. The first-order chi connectivity index (χ1) is 15.1. The van der Waals surface area contributed by atoms with Gasteiger partial charge in [-0.25, -0.2) is 0 Å². The van der Waals surface area contributed by atoms with Gasteiger partial charge >= 0.3 is 0 Å². The summed E-state index contributed by atoms with van der Waals surface area (Å²) in [5, 5.41) is 0. The van der Waals surface area contributed by atoms with Gasteiger partial charge in [-0.05, 0) is 36.2 Å². The van der Waals surface area contributed by atoms with Gasteiger partial charge in [-0.15, -0.1) is 0 Å². The van der Waals surface area contributed by atoms with Crippen molar-refractivity contribution in [1.82, 2.24) is 15.8 Å². The molecule has 0 bridgehead atoms. The molecular weight excluding hydrogens is 394 g/mol. The molecule has 1 heterocycles. The number of hydrogen-bond donors (Lipinski definition) is 2. The van der Waals surface area contributed by atoms with E-state index in [0.717, 1.165) is 24.8 Å². The number of nitrogens with zero attached hydrogens (tertiary/aromatic N) is 1. The number of rotatable bonds is 9. The van der Waals surface area contributed by atoms with Crippen molar-refractivity contribution in [1.29, 1.82) is 0 Å². The number of carbonyl (C=O) groups excluding carboxylic acids is 3. The van der Waals surface area contributed by atoms with Crippen molar-refractivity contribution in [3.63, 3.8) is 0 Å². The molecule has 1 aliphatic rings. The van der Waals surface area contributed by atoms with Crippen LogP contribution in [0.2, 0.25) is 0 Å². The van der Waals surface area contributed by atoms with Crippen LogP contribution in [0.25, 0.3) is 0 Å². The lowest BCUT2D eigenvalue weighted by Crippen LogP contribution is -2.45. The van der Waals surface area contributed by atoms with Crippen LogP contribution in [0.1, 0.15) is 48.5 Å². The number of benzene rings is 2. The molecule has 3 amide bonds. The highest BCUT2D eigenvalue weighted by molar-refractivity contribution is 5.96. The summed E-state index contributed by atoms with van der Waals surface area (Å²) in [6.07, 6.45) is 3.39. The van der Waals surface area contributed by atoms with E-state index in [1.54, 1.807) is 29.2 Å². The maximum atomic E-state index is 12.4. The van der Waals surface area contributed by atoms with Crippen molar-refractivity contribution in [2.45, 2.75) is 39.2 Å². The Morgan fingerprint density at radius 3 is 2.48 bits per heavy atom. The van der Waals surface area contributed by atoms with Gasteiger partial charge < -0.3 is 9.64 Å². The maximum absolute atomic E-state index is 12.4. The van der Waals surface area contributed by atoms with Crippen molar-refractivity contribution in [2.24, 2.45) is 5.92 Å². The van der Waals surface area contributed by atoms with Gasteiger partial charge in [-0.1, -0.05) is 50.1 Å². The minimum atomic E-state index is -0.490. The Labute approximate surface area is 182 Å². The van der Waals surface area contributed by atoms with Crippen LogP contribution in [-0.2, 0) is 16.1 Å². The Bertz CT molecular complexity index is 883. The third-order valence-electron chi connectivity index (χ3n) is 5.23. The zero-order chi connectivity index (χ0) is 22.1. The van der Waals surface area contributed by atoms with Gasteiger partial charge in [0.05, 0.1) is 12.5 Å². The number of unbranched alkanes of at least 4 members (excludes halogenated alkanes) is 2. The van der Waals surface area contributed by atoms with E-state index in [0.29, 0.717) is 31.0 Å². The molecule has 7 nitrogen and oxygen atoms in total. The van der Waals surface area contributed by atoms with E-state index in [9.17, 15) is 14.4 Å². The molecule has 3 rings (SSSR count). The van der Waals surface area contributed by atoms with Crippen molar-refractivity contribution in [3.8, 4) is 5.75 Å². The van der Waals surface area contributed by atoms with E-state index in [-0.39, 0.29) is 18.2 Å². The molecule has 0 aromatic heterocycles. The van der Waals surface area contributed by atoms with Gasteiger partial charge in [0.25, 0.3) is 5.91 Å². The number of amides is 3. The molecule has 0 aliphatic carbocycles. The number of carbonyl (C=O) groups is 3. The predicted molar refractivity (Wildman–Crippen MR) is 117 cm³/mol. The largest absolute Gasteiger partial charge is 0.494 e. The van der Waals surface area contributed by atoms with Gasteiger partial charge in [0.2, 0.25) is 11.8 Å². The fraction of sp³-hybridized carbons (Fsp3) is 0.375. The number of hydrazine groups is 1. The van der Waals surface area contributed by atoms with E-state index in [4.69, 9.17) is 4.74 Å². The van der Waals surface area contributed by atoms with Crippen LogP contribution in [0.4, 0.5) is 0 Å². The first kappa shape index (κ1) is 22.3. The van der Waals surface area contributed by atoms with Crippen LogP contribution in [-0.4, -0.2) is 35.8 Å². The molecule has 0 spiro atoms. The first-order valence-corrected chi connectivity index (χ1v) is 10.7. The Morgan fingerprint density at radius 1 is 1.03 bits per heavy atom. The van der Waals surface area contributed by atoms with Crippen LogP contribution >= 0.6 is 0 Å². The third kappa shape index (κ3) is 6.57. The average Bonchev–Trinajstić information content (AvgIpc) is 3.16. The second-order valence-corrected chi connectivity index (χ2v) is 7.68. The molecule has 1 fully saturated rings. The second-order valence-electron chi connectivity index (χ2n) is 7.68. The van der Waals surface area contributed by atoms with E-state index in [2.05, 4.69) is 17.8 Å². The lowest BCUT2D eigenvalue weighted by molar-refractivity contribution is -0.129. The Morgan fingerprint density at radius 2 is 1.77 bits per heavy atom. The Balaban J connectivity index is 1.43. The molecule has 2 aromatic rings. The molecule has 1 unspecified atom stereocenters. The van der Waals surface area contributed by atoms with E-state index < -0.39 is 11.8 Å². The van der Waals surface area contributed by atoms with Gasteiger partial charge in [0.1, 0.15) is 5.75 Å². The molecular formula is C24H29N3O4. The van der Waals surface area contributed by atoms with Crippen molar-refractivity contribution >= 4 is 17.7 Å². The van der Waals surface area contributed by atoms with Crippen LogP contribution in [0.5, 0.6) is 5.75 Å². The molecule has 2 aromatic carbocycles. The lowest BCUT2D eigenvalue weighted by Gasteiger charge is -2.16. The highest BCUT2D eigenvalue weighted by Crippen LogP contribution is 2.20. The Hall–Kier alpha value is -3.35. The molecule has 2 N–H and O–H groups in total. The summed E-state index contributed by atoms with van der Waals surface area (Å²) < 4.78 is 5.63. The average molecular weight is 424 g/mol. The summed E-state index contributed by atoms with van der Waals surface area (Å²) in [5.74, 6) is -0.635. The van der Waals surface area contributed by atoms with Crippen molar-refractivity contribution in [3.05, 3.63) is 65.7 Å². The number of ether oxygens (including phenoxy) is 1. The minimum Gasteiger partial charge on any atom is -0.494 e. The van der Waals surface area contributed by atoms with Crippen molar-refractivity contribution < 1.29 is 19.1 Å². The highest BCUT2D eigenvalue weighted by atomic mass is 16.5. The molecule has 1 atom stereocenters. The molecule has 1 saturated heterocycles. The van der Waals surface area contributed by atoms with Crippen molar-refractivity contribution in [2.75, 3.05) is 13.2 Å². The standard InChI is InChI=1S/C24H29N3O4/c1-2-3-7-14-31-21-12-10-19(11-13-21)23(29)25-26-24(30)20-15-22(28)27(17-20)16-18-8-5-4-6-9-18/h4-6,8-13,20H,2-3,7,14-17H2,1H3,(H,25,29)(H,26,30). The predicted octanol–water partition coefficient (Wildman–Crippen LogP) is 3.07. The summed E-state index contributed by atoms with van der Waals surface area (Å²) in [7, 11) is 0. The minimum absolute atomic E-state index is 0.0649. The van der Waals surface area contributed by atoms with E-state index in [1.165, 1.54) is 0 Å². The summed E-state index contributed by atoms with van der Waals surface area (Å²) in [4.78, 5) is 38.6. The van der Waals surface area contributed by atoms with Gasteiger partial charge in [0, 0.05) is 25.1 Å². The van der Waals surface area contributed by atoms with E-state index >= 15 is 0 Å².